The Bertz CT molecular complexity index is 533. The van der Waals surface area contributed by atoms with Gasteiger partial charge in [0.15, 0.2) is 5.15 Å². The third-order valence-electron chi connectivity index (χ3n) is 3.24. The fraction of sp³-hybridized carbons (Fsp3) is 0.308. The molecule has 1 aromatic carbocycles. The fourth-order valence-corrected chi connectivity index (χ4v) is 2.68. The van der Waals surface area contributed by atoms with Crippen LogP contribution in [0.25, 0.3) is 11.4 Å². The molecule has 0 saturated heterocycles. The highest BCUT2D eigenvalue weighted by Crippen LogP contribution is 2.33. The molecule has 2 N–H and O–H groups in total. The van der Waals surface area contributed by atoms with Crippen molar-refractivity contribution in [2.75, 3.05) is 0 Å². The van der Waals surface area contributed by atoms with E-state index in [4.69, 9.17) is 17.3 Å². The molecular formula is C13H14ClN3. The molecule has 1 aromatic heterocycles. The molecule has 3 nitrogen and oxygen atoms in total. The van der Waals surface area contributed by atoms with Gasteiger partial charge in [-0.1, -0.05) is 41.9 Å². The number of benzene rings is 1. The number of hydrogen-bond acceptors (Lipinski definition) is 2. The van der Waals surface area contributed by atoms with E-state index in [-0.39, 0.29) is 6.17 Å². The largest absolute Gasteiger partial charge is 0.311 e. The van der Waals surface area contributed by atoms with E-state index in [0.717, 1.165) is 36.3 Å². The number of halogens is 1. The van der Waals surface area contributed by atoms with E-state index in [0.29, 0.717) is 5.15 Å². The number of aromatic nitrogens is 2. The molecule has 2 heterocycles. The molecule has 0 amide bonds. The molecule has 0 radical (unpaired) electrons. The van der Waals surface area contributed by atoms with E-state index >= 15 is 0 Å². The van der Waals surface area contributed by atoms with Crippen LogP contribution in [0.1, 0.15) is 24.7 Å². The van der Waals surface area contributed by atoms with Crippen molar-refractivity contribution in [1.82, 2.24) is 9.55 Å². The number of imidazole rings is 1. The minimum atomic E-state index is -0.00560. The van der Waals surface area contributed by atoms with Crippen LogP contribution in [0.2, 0.25) is 5.15 Å². The zero-order chi connectivity index (χ0) is 11.8. The Morgan fingerprint density at radius 3 is 2.82 bits per heavy atom. The summed E-state index contributed by atoms with van der Waals surface area (Å²) in [5, 5.41) is 0.596. The van der Waals surface area contributed by atoms with Crippen molar-refractivity contribution in [2.45, 2.75) is 25.4 Å². The van der Waals surface area contributed by atoms with Gasteiger partial charge in [0.2, 0.25) is 0 Å². The van der Waals surface area contributed by atoms with Crippen LogP contribution < -0.4 is 5.73 Å². The number of fused-ring (bicyclic) bond motifs is 1. The zero-order valence-corrected chi connectivity index (χ0v) is 10.2. The molecule has 1 aliphatic heterocycles. The minimum Gasteiger partial charge on any atom is -0.311 e. The quantitative estimate of drug-likeness (QED) is 0.842. The predicted molar refractivity (Wildman–Crippen MR) is 68.8 cm³/mol. The second kappa shape index (κ2) is 4.17. The third kappa shape index (κ3) is 1.75. The van der Waals surface area contributed by atoms with E-state index in [1.165, 1.54) is 0 Å². The molecule has 0 spiro atoms. The van der Waals surface area contributed by atoms with E-state index in [2.05, 4.69) is 9.55 Å². The van der Waals surface area contributed by atoms with Gasteiger partial charge in [-0.15, -0.1) is 0 Å². The van der Waals surface area contributed by atoms with Crippen molar-refractivity contribution in [2.24, 2.45) is 5.73 Å². The van der Waals surface area contributed by atoms with Crippen LogP contribution in [0.4, 0.5) is 0 Å². The second-order valence-electron chi connectivity index (χ2n) is 4.37. The number of hydrogen-bond donors (Lipinski definition) is 1. The summed E-state index contributed by atoms with van der Waals surface area (Å²) < 4.78 is 2.08. The first-order valence-electron chi connectivity index (χ1n) is 5.85. The van der Waals surface area contributed by atoms with Crippen LogP contribution >= 0.6 is 11.6 Å². The van der Waals surface area contributed by atoms with Gasteiger partial charge in [-0.05, 0) is 19.3 Å². The highest BCUT2D eigenvalue weighted by Gasteiger charge is 2.24. The summed E-state index contributed by atoms with van der Waals surface area (Å²) in [5.74, 6) is 0.887. The van der Waals surface area contributed by atoms with E-state index < -0.39 is 0 Å². The van der Waals surface area contributed by atoms with Gasteiger partial charge in [0, 0.05) is 5.56 Å². The van der Waals surface area contributed by atoms with Crippen molar-refractivity contribution in [3.63, 3.8) is 0 Å². The average molecular weight is 248 g/mol. The number of nitrogens with zero attached hydrogens (tertiary/aromatic N) is 2. The summed E-state index contributed by atoms with van der Waals surface area (Å²) in [7, 11) is 0. The molecule has 4 heteroatoms. The molecule has 0 fully saturated rings. The monoisotopic (exact) mass is 247 g/mol. The first-order chi connectivity index (χ1) is 8.27. The lowest BCUT2D eigenvalue weighted by Gasteiger charge is -2.23. The Morgan fingerprint density at radius 1 is 1.29 bits per heavy atom. The topological polar surface area (TPSA) is 43.8 Å². The summed E-state index contributed by atoms with van der Waals surface area (Å²) in [6, 6.07) is 10.1. The summed E-state index contributed by atoms with van der Waals surface area (Å²) in [4.78, 5) is 4.46. The van der Waals surface area contributed by atoms with E-state index in [1.807, 2.05) is 30.3 Å². The van der Waals surface area contributed by atoms with Gasteiger partial charge < -0.3 is 10.3 Å². The molecule has 2 aromatic rings. The first kappa shape index (κ1) is 10.8. The molecule has 88 valence electrons. The molecule has 0 aliphatic carbocycles. The standard InChI is InChI=1S/C13H14ClN3/c14-12-10-7-4-8-11(15)17(10)13(16-12)9-5-2-1-3-6-9/h1-3,5-6,11H,4,7-8,15H2. The van der Waals surface area contributed by atoms with E-state index in [1.54, 1.807) is 0 Å². The van der Waals surface area contributed by atoms with Crippen molar-refractivity contribution in [3.8, 4) is 11.4 Å². The lowest BCUT2D eigenvalue weighted by atomic mass is 10.1. The molecule has 0 bridgehead atoms. The number of nitrogens with two attached hydrogens (primary N) is 1. The van der Waals surface area contributed by atoms with E-state index in [9.17, 15) is 0 Å². The van der Waals surface area contributed by atoms with Gasteiger partial charge in [-0.3, -0.25) is 0 Å². The lowest BCUT2D eigenvalue weighted by Crippen LogP contribution is -2.25. The highest BCUT2D eigenvalue weighted by atomic mass is 35.5. The van der Waals surface area contributed by atoms with Crippen LogP contribution in [-0.4, -0.2) is 9.55 Å². The lowest BCUT2D eigenvalue weighted by molar-refractivity contribution is 0.418. The first-order valence-corrected chi connectivity index (χ1v) is 6.23. The fourth-order valence-electron chi connectivity index (χ4n) is 2.42. The zero-order valence-electron chi connectivity index (χ0n) is 9.44. The summed E-state index contributed by atoms with van der Waals surface area (Å²) >= 11 is 6.19. The maximum Gasteiger partial charge on any atom is 0.151 e. The van der Waals surface area contributed by atoms with Crippen LogP contribution in [0.15, 0.2) is 30.3 Å². The third-order valence-corrected chi connectivity index (χ3v) is 3.54. The predicted octanol–water partition coefficient (Wildman–Crippen LogP) is 3.00. The highest BCUT2D eigenvalue weighted by molar-refractivity contribution is 6.30. The van der Waals surface area contributed by atoms with Crippen LogP contribution in [-0.2, 0) is 6.42 Å². The maximum atomic E-state index is 6.19. The molecule has 3 rings (SSSR count). The Morgan fingerprint density at radius 2 is 2.06 bits per heavy atom. The summed E-state index contributed by atoms with van der Waals surface area (Å²) in [6.07, 6.45) is 3.03. The molecule has 0 saturated carbocycles. The Hall–Kier alpha value is -1.32. The van der Waals surface area contributed by atoms with Gasteiger partial charge in [0.05, 0.1) is 11.9 Å². The van der Waals surface area contributed by atoms with Gasteiger partial charge >= 0.3 is 0 Å². The molecule has 1 atom stereocenters. The second-order valence-corrected chi connectivity index (χ2v) is 4.73. The average Bonchev–Trinajstić information content (AvgIpc) is 2.70. The number of rotatable bonds is 1. The molecular weight excluding hydrogens is 234 g/mol. The Kier molecular flexibility index (Phi) is 2.65. The van der Waals surface area contributed by atoms with Gasteiger partial charge in [-0.25, -0.2) is 4.98 Å². The minimum absolute atomic E-state index is 0.00560. The van der Waals surface area contributed by atoms with Crippen molar-refractivity contribution in [1.29, 1.82) is 0 Å². The maximum absolute atomic E-state index is 6.19. The Labute approximate surface area is 105 Å². The van der Waals surface area contributed by atoms with Crippen LogP contribution in [0, 0.1) is 0 Å². The van der Waals surface area contributed by atoms with Crippen molar-refractivity contribution >= 4 is 11.6 Å². The van der Waals surface area contributed by atoms with Gasteiger partial charge in [-0.2, -0.15) is 0 Å². The van der Waals surface area contributed by atoms with Gasteiger partial charge in [0.1, 0.15) is 5.82 Å². The normalized spacial score (nSPS) is 19.1. The summed E-state index contributed by atoms with van der Waals surface area (Å²) in [5.41, 5.74) is 8.30. The molecule has 1 unspecified atom stereocenters. The molecule has 1 aliphatic rings. The van der Waals surface area contributed by atoms with Gasteiger partial charge in [0.25, 0.3) is 0 Å². The van der Waals surface area contributed by atoms with Crippen LogP contribution in [0.5, 0.6) is 0 Å². The smallest absolute Gasteiger partial charge is 0.151 e. The van der Waals surface area contributed by atoms with Crippen molar-refractivity contribution < 1.29 is 0 Å². The summed E-state index contributed by atoms with van der Waals surface area (Å²) in [6.45, 7) is 0. The SMILES string of the molecule is NC1CCCc2c(Cl)nc(-c3ccccc3)n21. The molecule has 17 heavy (non-hydrogen) atoms. The van der Waals surface area contributed by atoms with Crippen molar-refractivity contribution in [3.05, 3.63) is 41.2 Å². The van der Waals surface area contributed by atoms with Crippen LogP contribution in [0.3, 0.4) is 0 Å². The Balaban J connectivity index is 2.18.